The number of carboxylic acids is 1. The predicted octanol–water partition coefficient (Wildman–Crippen LogP) is 2.97. The highest BCUT2D eigenvalue weighted by atomic mass is 16.7. The molecular formula is C14H20O4. The van der Waals surface area contributed by atoms with Gasteiger partial charge in [0, 0.05) is 12.7 Å². The maximum atomic E-state index is 11.3. The van der Waals surface area contributed by atoms with Gasteiger partial charge in [0.05, 0.1) is 0 Å². The second-order valence-electron chi connectivity index (χ2n) is 5.30. The Labute approximate surface area is 108 Å². The number of carbonyl (C=O) groups is 1. The van der Waals surface area contributed by atoms with Crippen molar-refractivity contribution in [1.29, 1.82) is 0 Å². The van der Waals surface area contributed by atoms with Crippen molar-refractivity contribution in [2.24, 2.45) is 0 Å². The second-order valence-corrected chi connectivity index (χ2v) is 5.30. The third-order valence-electron chi connectivity index (χ3n) is 2.59. The normalized spacial score (nSPS) is 11.4. The zero-order valence-corrected chi connectivity index (χ0v) is 11.5. The van der Waals surface area contributed by atoms with Gasteiger partial charge in [0.2, 0.25) is 0 Å². The monoisotopic (exact) mass is 252 g/mol. The Morgan fingerprint density at radius 1 is 1.33 bits per heavy atom. The van der Waals surface area contributed by atoms with Crippen LogP contribution in [0.1, 0.15) is 42.3 Å². The Balaban J connectivity index is 3.42. The molecule has 1 rings (SSSR count). The summed E-state index contributed by atoms with van der Waals surface area (Å²) < 4.78 is 10.3. The molecule has 100 valence electrons. The lowest BCUT2D eigenvalue weighted by atomic mass is 9.84. The molecule has 0 spiro atoms. The first kappa shape index (κ1) is 14.5. The van der Waals surface area contributed by atoms with Crippen molar-refractivity contribution in [3.63, 3.8) is 0 Å². The van der Waals surface area contributed by atoms with Crippen LogP contribution in [0.25, 0.3) is 0 Å². The second kappa shape index (κ2) is 5.40. The minimum absolute atomic E-state index is 0.0341. The van der Waals surface area contributed by atoms with Gasteiger partial charge in [0.25, 0.3) is 0 Å². The van der Waals surface area contributed by atoms with Crippen molar-refractivity contribution in [3.05, 3.63) is 28.8 Å². The standard InChI is InChI=1S/C14H20O4/c1-9-6-10(13(15)16)12(18-8-17-5)11(7-9)14(2,3)4/h6-7H,8H2,1-5H3,(H,15,16). The molecule has 0 aliphatic carbocycles. The molecule has 0 saturated heterocycles. The van der Waals surface area contributed by atoms with Crippen molar-refractivity contribution in [2.45, 2.75) is 33.1 Å². The topological polar surface area (TPSA) is 55.8 Å². The van der Waals surface area contributed by atoms with Crippen LogP contribution in [0.3, 0.4) is 0 Å². The lowest BCUT2D eigenvalue weighted by Crippen LogP contribution is -2.17. The van der Waals surface area contributed by atoms with Gasteiger partial charge in [-0.05, 0) is 24.0 Å². The van der Waals surface area contributed by atoms with Crippen LogP contribution in [0.15, 0.2) is 12.1 Å². The lowest BCUT2D eigenvalue weighted by molar-refractivity contribution is 0.0471. The van der Waals surface area contributed by atoms with Crippen LogP contribution in [-0.2, 0) is 10.2 Å². The molecule has 1 N–H and O–H groups in total. The van der Waals surface area contributed by atoms with E-state index in [0.29, 0.717) is 5.75 Å². The smallest absolute Gasteiger partial charge is 0.339 e. The van der Waals surface area contributed by atoms with Gasteiger partial charge >= 0.3 is 5.97 Å². The number of benzene rings is 1. The van der Waals surface area contributed by atoms with Crippen molar-refractivity contribution in [2.75, 3.05) is 13.9 Å². The number of hydrogen-bond acceptors (Lipinski definition) is 3. The Hall–Kier alpha value is -1.55. The zero-order valence-electron chi connectivity index (χ0n) is 11.5. The molecule has 4 nitrogen and oxygen atoms in total. The van der Waals surface area contributed by atoms with E-state index >= 15 is 0 Å². The highest BCUT2D eigenvalue weighted by Gasteiger charge is 2.24. The van der Waals surface area contributed by atoms with E-state index in [1.54, 1.807) is 6.07 Å². The van der Waals surface area contributed by atoms with Gasteiger partial charge in [-0.25, -0.2) is 4.79 Å². The van der Waals surface area contributed by atoms with Crippen LogP contribution in [0, 0.1) is 6.92 Å². The molecule has 0 aliphatic rings. The fourth-order valence-corrected chi connectivity index (χ4v) is 1.76. The van der Waals surface area contributed by atoms with Crippen LogP contribution in [-0.4, -0.2) is 25.0 Å². The molecular weight excluding hydrogens is 232 g/mol. The molecule has 0 saturated carbocycles. The Kier molecular flexibility index (Phi) is 4.35. The number of aryl methyl sites for hydroxylation is 1. The summed E-state index contributed by atoms with van der Waals surface area (Å²) in [6.45, 7) is 7.97. The van der Waals surface area contributed by atoms with Crippen LogP contribution < -0.4 is 4.74 Å². The van der Waals surface area contributed by atoms with Gasteiger partial charge < -0.3 is 14.6 Å². The fourth-order valence-electron chi connectivity index (χ4n) is 1.76. The van der Waals surface area contributed by atoms with E-state index in [9.17, 15) is 9.90 Å². The minimum Gasteiger partial charge on any atom is -0.478 e. The molecule has 0 aromatic heterocycles. The molecule has 0 heterocycles. The summed E-state index contributed by atoms with van der Waals surface area (Å²) in [6, 6.07) is 3.57. The molecule has 0 fully saturated rings. The first-order valence-electron chi connectivity index (χ1n) is 5.77. The van der Waals surface area contributed by atoms with Gasteiger partial charge in [-0.15, -0.1) is 0 Å². The summed E-state index contributed by atoms with van der Waals surface area (Å²) >= 11 is 0. The van der Waals surface area contributed by atoms with Crippen molar-refractivity contribution < 1.29 is 19.4 Å². The minimum atomic E-state index is -0.990. The summed E-state index contributed by atoms with van der Waals surface area (Å²) in [5.41, 5.74) is 1.76. The van der Waals surface area contributed by atoms with Gasteiger partial charge in [0.15, 0.2) is 6.79 Å². The summed E-state index contributed by atoms with van der Waals surface area (Å²) in [7, 11) is 1.51. The number of ether oxygens (including phenoxy) is 2. The molecule has 0 aliphatic heterocycles. The third kappa shape index (κ3) is 3.23. The summed E-state index contributed by atoms with van der Waals surface area (Å²) in [4.78, 5) is 11.3. The summed E-state index contributed by atoms with van der Waals surface area (Å²) in [6.07, 6.45) is 0. The molecule has 4 heteroatoms. The van der Waals surface area contributed by atoms with Gasteiger partial charge in [0.1, 0.15) is 11.3 Å². The van der Waals surface area contributed by atoms with E-state index < -0.39 is 5.97 Å². The highest BCUT2D eigenvalue weighted by Crippen LogP contribution is 2.35. The summed E-state index contributed by atoms with van der Waals surface area (Å²) in [5, 5.41) is 9.26. The number of methoxy groups -OCH3 is 1. The average Bonchev–Trinajstić information content (AvgIpc) is 2.25. The van der Waals surface area contributed by atoms with Crippen LogP contribution in [0.5, 0.6) is 5.75 Å². The van der Waals surface area contributed by atoms with E-state index in [1.807, 2.05) is 33.8 Å². The highest BCUT2D eigenvalue weighted by molar-refractivity contribution is 5.92. The average molecular weight is 252 g/mol. The zero-order chi connectivity index (χ0) is 13.9. The van der Waals surface area contributed by atoms with Crippen LogP contribution >= 0.6 is 0 Å². The summed E-state index contributed by atoms with van der Waals surface area (Å²) in [5.74, 6) is -0.599. The first-order valence-corrected chi connectivity index (χ1v) is 5.77. The van der Waals surface area contributed by atoms with E-state index in [4.69, 9.17) is 9.47 Å². The Bertz CT molecular complexity index is 444. The van der Waals surface area contributed by atoms with Crippen molar-refractivity contribution in [3.8, 4) is 5.75 Å². The third-order valence-corrected chi connectivity index (χ3v) is 2.59. The molecule has 0 unspecified atom stereocenters. The molecule has 0 amide bonds. The SMILES string of the molecule is COCOc1c(C(=O)O)cc(C)cc1C(C)(C)C. The van der Waals surface area contributed by atoms with Crippen LogP contribution in [0.2, 0.25) is 0 Å². The largest absolute Gasteiger partial charge is 0.478 e. The van der Waals surface area contributed by atoms with E-state index in [0.717, 1.165) is 11.1 Å². The molecule has 1 aromatic carbocycles. The van der Waals surface area contributed by atoms with Crippen LogP contribution in [0.4, 0.5) is 0 Å². The maximum absolute atomic E-state index is 11.3. The van der Waals surface area contributed by atoms with E-state index in [2.05, 4.69) is 0 Å². The van der Waals surface area contributed by atoms with Gasteiger partial charge in [-0.3, -0.25) is 0 Å². The fraction of sp³-hybridized carbons (Fsp3) is 0.500. The Morgan fingerprint density at radius 2 is 1.94 bits per heavy atom. The van der Waals surface area contributed by atoms with Crippen molar-refractivity contribution >= 4 is 5.97 Å². The molecule has 0 atom stereocenters. The molecule has 1 aromatic rings. The molecule has 18 heavy (non-hydrogen) atoms. The van der Waals surface area contributed by atoms with E-state index in [-0.39, 0.29) is 17.8 Å². The first-order chi connectivity index (χ1) is 8.27. The lowest BCUT2D eigenvalue weighted by Gasteiger charge is -2.24. The molecule has 0 radical (unpaired) electrons. The maximum Gasteiger partial charge on any atom is 0.339 e. The quantitative estimate of drug-likeness (QED) is 0.837. The predicted molar refractivity (Wildman–Crippen MR) is 69.3 cm³/mol. The number of carboxylic acid groups (broad SMARTS) is 1. The number of aromatic carboxylic acids is 1. The van der Waals surface area contributed by atoms with Gasteiger partial charge in [-0.2, -0.15) is 0 Å². The number of hydrogen-bond donors (Lipinski definition) is 1. The van der Waals surface area contributed by atoms with E-state index in [1.165, 1.54) is 7.11 Å². The van der Waals surface area contributed by atoms with Crippen molar-refractivity contribution in [1.82, 2.24) is 0 Å². The van der Waals surface area contributed by atoms with Gasteiger partial charge in [-0.1, -0.05) is 26.8 Å². The molecule has 0 bridgehead atoms. The Morgan fingerprint density at radius 3 is 2.39 bits per heavy atom. The number of rotatable bonds is 4.